The molecule has 0 saturated carbocycles. The maximum Gasteiger partial charge on any atom is 0.244 e. The van der Waals surface area contributed by atoms with E-state index < -0.39 is 10.0 Å². The molecule has 0 atom stereocenters. The third-order valence-corrected chi connectivity index (χ3v) is 5.69. The highest BCUT2D eigenvalue weighted by Gasteiger charge is 2.24. The van der Waals surface area contributed by atoms with Crippen molar-refractivity contribution in [2.45, 2.75) is 24.7 Å². The minimum atomic E-state index is -3.44. The van der Waals surface area contributed by atoms with Crippen molar-refractivity contribution in [3.8, 4) is 0 Å². The van der Waals surface area contributed by atoms with Crippen molar-refractivity contribution in [2.24, 2.45) is 5.92 Å². The van der Waals surface area contributed by atoms with Crippen molar-refractivity contribution in [1.82, 2.24) is 9.29 Å². The summed E-state index contributed by atoms with van der Waals surface area (Å²) in [6, 6.07) is 3.30. The van der Waals surface area contributed by atoms with E-state index in [0.717, 1.165) is 31.7 Å². The summed E-state index contributed by atoms with van der Waals surface area (Å²) in [5.41, 5.74) is 0. The minimum Gasteiger partial charge on any atom is -0.357 e. The summed E-state index contributed by atoms with van der Waals surface area (Å²) in [5, 5.41) is 0. The fourth-order valence-corrected chi connectivity index (χ4v) is 3.29. The Morgan fingerprint density at radius 3 is 2.33 bits per heavy atom. The van der Waals surface area contributed by atoms with Crippen LogP contribution < -0.4 is 4.90 Å². The molecule has 1 aromatic heterocycles. The molecule has 1 fully saturated rings. The number of anilines is 1. The van der Waals surface area contributed by atoms with Crippen LogP contribution in [-0.4, -0.2) is 50.7 Å². The molecule has 2 rings (SSSR count). The number of hydrogen-bond acceptors (Lipinski definition) is 5. The Morgan fingerprint density at radius 1 is 1.29 bits per heavy atom. The Labute approximate surface area is 125 Å². The third kappa shape index (κ3) is 3.41. The molecule has 0 spiro atoms. The summed E-state index contributed by atoms with van der Waals surface area (Å²) in [6.45, 7) is 3.19. The number of carbonyl (C=O) groups is 1. The lowest BCUT2D eigenvalue weighted by atomic mass is 9.93. The highest BCUT2D eigenvalue weighted by molar-refractivity contribution is 7.89. The predicted molar refractivity (Wildman–Crippen MR) is 80.7 cm³/mol. The van der Waals surface area contributed by atoms with Gasteiger partial charge in [-0.3, -0.25) is 4.79 Å². The summed E-state index contributed by atoms with van der Waals surface area (Å²) >= 11 is 0. The molecule has 21 heavy (non-hydrogen) atoms. The number of hydrogen-bond donors (Lipinski definition) is 0. The van der Waals surface area contributed by atoms with E-state index in [9.17, 15) is 13.2 Å². The molecule has 7 heteroatoms. The molecule has 0 aliphatic carbocycles. The van der Waals surface area contributed by atoms with Gasteiger partial charge in [-0.25, -0.2) is 17.7 Å². The van der Waals surface area contributed by atoms with Crippen molar-refractivity contribution in [2.75, 3.05) is 32.1 Å². The number of carbonyl (C=O) groups excluding carboxylic acids is 1. The van der Waals surface area contributed by atoms with Gasteiger partial charge in [0.15, 0.2) is 0 Å². The van der Waals surface area contributed by atoms with Crippen molar-refractivity contribution >= 4 is 21.6 Å². The van der Waals surface area contributed by atoms with Gasteiger partial charge in [-0.1, -0.05) is 0 Å². The standard InChI is InChI=1S/C14H21N3O3S/c1-11(18)12-6-8-17(9-7-12)14-5-4-13(10-15-14)21(19,20)16(2)3/h4-5,10,12H,6-9H2,1-3H3. The number of sulfonamides is 1. The second kappa shape index (κ2) is 6.11. The molecule has 1 aliphatic rings. The second-order valence-electron chi connectivity index (χ2n) is 5.51. The fourth-order valence-electron chi connectivity index (χ4n) is 2.44. The first-order valence-corrected chi connectivity index (χ1v) is 8.40. The van der Waals surface area contributed by atoms with Gasteiger partial charge in [0.1, 0.15) is 16.5 Å². The highest BCUT2D eigenvalue weighted by atomic mass is 32.2. The number of Topliss-reactive ketones (excluding diaryl/α,β-unsaturated/α-hetero) is 1. The van der Waals surface area contributed by atoms with E-state index in [-0.39, 0.29) is 16.6 Å². The van der Waals surface area contributed by atoms with Gasteiger partial charge < -0.3 is 4.90 Å². The Morgan fingerprint density at radius 2 is 1.90 bits per heavy atom. The molecule has 0 radical (unpaired) electrons. The van der Waals surface area contributed by atoms with Crippen LogP contribution in [0.25, 0.3) is 0 Å². The first-order chi connectivity index (χ1) is 9.82. The number of aromatic nitrogens is 1. The molecular formula is C14H21N3O3S. The smallest absolute Gasteiger partial charge is 0.244 e. The topological polar surface area (TPSA) is 70.6 Å². The van der Waals surface area contributed by atoms with Crippen LogP contribution in [-0.2, 0) is 14.8 Å². The van der Waals surface area contributed by atoms with Crippen LogP contribution in [0, 0.1) is 5.92 Å². The van der Waals surface area contributed by atoms with Gasteiger partial charge >= 0.3 is 0 Å². The molecule has 1 aromatic rings. The van der Waals surface area contributed by atoms with Gasteiger partial charge in [-0.2, -0.15) is 0 Å². The van der Waals surface area contributed by atoms with E-state index in [4.69, 9.17) is 0 Å². The van der Waals surface area contributed by atoms with E-state index >= 15 is 0 Å². The van der Waals surface area contributed by atoms with Gasteiger partial charge in [0.05, 0.1) is 0 Å². The summed E-state index contributed by atoms with van der Waals surface area (Å²) in [6.07, 6.45) is 3.05. The lowest BCUT2D eigenvalue weighted by Crippen LogP contribution is -2.36. The van der Waals surface area contributed by atoms with Crippen molar-refractivity contribution < 1.29 is 13.2 Å². The van der Waals surface area contributed by atoms with Gasteiger partial charge in [0.25, 0.3) is 0 Å². The number of pyridine rings is 1. The van der Waals surface area contributed by atoms with Crippen LogP contribution in [0.4, 0.5) is 5.82 Å². The second-order valence-corrected chi connectivity index (χ2v) is 7.66. The molecule has 0 aromatic carbocycles. The van der Waals surface area contributed by atoms with Crippen molar-refractivity contribution in [3.05, 3.63) is 18.3 Å². The fraction of sp³-hybridized carbons (Fsp3) is 0.571. The van der Waals surface area contributed by atoms with Crippen molar-refractivity contribution in [3.63, 3.8) is 0 Å². The molecular weight excluding hydrogens is 290 g/mol. The summed E-state index contributed by atoms with van der Waals surface area (Å²) in [4.78, 5) is 17.9. The molecule has 0 bridgehead atoms. The van der Waals surface area contributed by atoms with Crippen LogP contribution in [0.15, 0.2) is 23.2 Å². The number of nitrogens with zero attached hydrogens (tertiary/aromatic N) is 3. The van der Waals surface area contributed by atoms with Crippen LogP contribution in [0.5, 0.6) is 0 Å². The van der Waals surface area contributed by atoms with E-state index in [1.807, 2.05) is 0 Å². The molecule has 116 valence electrons. The normalized spacial score (nSPS) is 17.2. The summed E-state index contributed by atoms with van der Waals surface area (Å²) in [7, 11) is -0.445. The Bertz CT molecular complexity index is 603. The average Bonchev–Trinajstić information content (AvgIpc) is 2.47. The Balaban J connectivity index is 2.09. The van der Waals surface area contributed by atoms with Gasteiger partial charge in [0.2, 0.25) is 10.0 Å². The number of ketones is 1. The van der Waals surface area contributed by atoms with E-state index in [1.165, 1.54) is 24.6 Å². The third-order valence-electron chi connectivity index (χ3n) is 3.89. The lowest BCUT2D eigenvalue weighted by molar-refractivity contribution is -0.121. The van der Waals surface area contributed by atoms with Crippen LogP contribution >= 0.6 is 0 Å². The lowest BCUT2D eigenvalue weighted by Gasteiger charge is -2.31. The zero-order valence-corrected chi connectivity index (χ0v) is 13.4. The zero-order chi connectivity index (χ0) is 15.6. The van der Waals surface area contributed by atoms with Gasteiger partial charge in [-0.05, 0) is 31.9 Å². The maximum atomic E-state index is 12.0. The zero-order valence-electron chi connectivity index (χ0n) is 12.6. The largest absolute Gasteiger partial charge is 0.357 e. The molecule has 2 heterocycles. The molecule has 0 unspecified atom stereocenters. The highest BCUT2D eigenvalue weighted by Crippen LogP contribution is 2.23. The quantitative estimate of drug-likeness (QED) is 0.834. The summed E-state index contributed by atoms with van der Waals surface area (Å²) in [5.74, 6) is 1.15. The van der Waals surface area contributed by atoms with Crippen molar-refractivity contribution in [1.29, 1.82) is 0 Å². The molecule has 6 nitrogen and oxygen atoms in total. The van der Waals surface area contributed by atoms with E-state index in [0.29, 0.717) is 0 Å². The van der Waals surface area contributed by atoms with Crippen LogP contribution in [0.2, 0.25) is 0 Å². The minimum absolute atomic E-state index is 0.148. The average molecular weight is 311 g/mol. The molecule has 1 aliphatic heterocycles. The predicted octanol–water partition coefficient (Wildman–Crippen LogP) is 1.14. The first-order valence-electron chi connectivity index (χ1n) is 6.96. The number of rotatable bonds is 4. The van der Waals surface area contributed by atoms with Gasteiger partial charge in [-0.15, -0.1) is 0 Å². The van der Waals surface area contributed by atoms with Gasteiger partial charge in [0, 0.05) is 39.3 Å². The van der Waals surface area contributed by atoms with Crippen LogP contribution in [0.3, 0.4) is 0 Å². The van der Waals surface area contributed by atoms with Crippen LogP contribution in [0.1, 0.15) is 19.8 Å². The van der Waals surface area contributed by atoms with E-state index in [2.05, 4.69) is 9.88 Å². The monoisotopic (exact) mass is 311 g/mol. The molecule has 0 amide bonds. The molecule has 1 saturated heterocycles. The Hall–Kier alpha value is -1.47. The molecule has 0 N–H and O–H groups in total. The first kappa shape index (κ1) is 15.9. The number of piperidine rings is 1. The van der Waals surface area contributed by atoms with E-state index in [1.54, 1.807) is 19.1 Å². The SMILES string of the molecule is CC(=O)C1CCN(c2ccc(S(=O)(=O)N(C)C)cn2)CC1. The summed E-state index contributed by atoms with van der Waals surface area (Å²) < 4.78 is 25.1. The Kier molecular flexibility index (Phi) is 4.63. The maximum absolute atomic E-state index is 12.0.